The maximum atomic E-state index is 5.55. The topological polar surface area (TPSA) is 52.8 Å². The zero-order valence-electron chi connectivity index (χ0n) is 9.42. The Morgan fingerprint density at radius 1 is 1.38 bits per heavy atom. The predicted octanol–water partition coefficient (Wildman–Crippen LogP) is 1.76. The maximum absolute atomic E-state index is 5.55. The van der Waals surface area contributed by atoms with Crippen LogP contribution in [-0.2, 0) is 0 Å². The molecular weight excluding hydrogens is 204 g/mol. The summed E-state index contributed by atoms with van der Waals surface area (Å²) in [5.41, 5.74) is 0.913. The first-order valence-electron chi connectivity index (χ1n) is 5.29. The van der Waals surface area contributed by atoms with Crippen LogP contribution in [0.3, 0.4) is 0 Å². The van der Waals surface area contributed by atoms with Gasteiger partial charge in [0.15, 0.2) is 5.82 Å². The van der Waals surface area contributed by atoms with E-state index in [2.05, 4.69) is 22.4 Å². The first kappa shape index (κ1) is 10.6. The summed E-state index contributed by atoms with van der Waals surface area (Å²) in [6.07, 6.45) is 0.994. The second kappa shape index (κ2) is 4.74. The number of hydrogen-bond acceptors (Lipinski definition) is 4. The van der Waals surface area contributed by atoms with E-state index in [1.165, 1.54) is 0 Å². The molecule has 2 rings (SSSR count). The fraction of sp³-hybridized carbons (Fsp3) is 0.364. The minimum Gasteiger partial charge on any atom is -0.494 e. The van der Waals surface area contributed by atoms with Crippen LogP contribution in [-0.4, -0.2) is 26.8 Å². The Morgan fingerprint density at radius 2 is 2.25 bits per heavy atom. The van der Waals surface area contributed by atoms with Crippen molar-refractivity contribution in [3.8, 4) is 11.4 Å². The van der Waals surface area contributed by atoms with E-state index in [4.69, 9.17) is 4.74 Å². The molecule has 0 amide bonds. The van der Waals surface area contributed by atoms with Gasteiger partial charge in [0, 0.05) is 6.07 Å². The summed E-state index contributed by atoms with van der Waals surface area (Å²) in [6.45, 7) is 4.66. The van der Waals surface area contributed by atoms with E-state index in [1.54, 1.807) is 4.68 Å². The van der Waals surface area contributed by atoms with Crippen LogP contribution in [0.5, 0.6) is 5.75 Å². The van der Waals surface area contributed by atoms with E-state index in [0.717, 1.165) is 30.3 Å². The van der Waals surface area contributed by atoms with E-state index in [9.17, 15) is 0 Å². The molecule has 0 fully saturated rings. The van der Waals surface area contributed by atoms with Crippen LogP contribution in [0.1, 0.15) is 19.2 Å². The van der Waals surface area contributed by atoms with Crippen LogP contribution in [0, 0.1) is 6.92 Å². The number of aryl methyl sites for hydroxylation is 1. The quantitative estimate of drug-likeness (QED) is 0.784. The lowest BCUT2D eigenvalue weighted by molar-refractivity contribution is 0.317. The number of rotatable bonds is 4. The Morgan fingerprint density at radius 3 is 2.94 bits per heavy atom. The fourth-order valence-electron chi connectivity index (χ4n) is 1.40. The van der Waals surface area contributed by atoms with Gasteiger partial charge in [0.1, 0.15) is 5.75 Å². The molecule has 0 aliphatic heterocycles. The number of tetrazole rings is 1. The summed E-state index contributed by atoms with van der Waals surface area (Å²) < 4.78 is 7.23. The molecule has 0 saturated carbocycles. The number of benzene rings is 1. The van der Waals surface area contributed by atoms with Crippen molar-refractivity contribution >= 4 is 0 Å². The monoisotopic (exact) mass is 218 g/mol. The molecule has 0 unspecified atom stereocenters. The Bertz CT molecular complexity index is 467. The smallest absolute Gasteiger partial charge is 0.153 e. The highest BCUT2D eigenvalue weighted by atomic mass is 16.5. The Kier molecular flexibility index (Phi) is 3.14. The largest absolute Gasteiger partial charge is 0.494 e. The summed E-state index contributed by atoms with van der Waals surface area (Å²) >= 11 is 0. The molecule has 1 heterocycles. The van der Waals surface area contributed by atoms with Crippen molar-refractivity contribution in [1.29, 1.82) is 0 Å². The van der Waals surface area contributed by atoms with Gasteiger partial charge < -0.3 is 4.74 Å². The molecule has 0 saturated heterocycles. The standard InChI is InChI=1S/C11H14N4O/c1-3-7-16-11-6-4-5-10(8-11)15-9(2)12-13-14-15/h4-6,8H,3,7H2,1-2H3. The highest BCUT2D eigenvalue weighted by Gasteiger charge is 2.04. The third-order valence-electron chi connectivity index (χ3n) is 2.16. The van der Waals surface area contributed by atoms with Gasteiger partial charge in [-0.05, 0) is 35.9 Å². The van der Waals surface area contributed by atoms with Crippen molar-refractivity contribution in [2.45, 2.75) is 20.3 Å². The van der Waals surface area contributed by atoms with E-state index in [0.29, 0.717) is 0 Å². The predicted molar refractivity (Wildman–Crippen MR) is 59.7 cm³/mol. The lowest BCUT2D eigenvalue weighted by atomic mass is 10.3. The fourth-order valence-corrected chi connectivity index (χ4v) is 1.40. The second-order valence-electron chi connectivity index (χ2n) is 3.48. The van der Waals surface area contributed by atoms with Crippen LogP contribution in [0.25, 0.3) is 5.69 Å². The summed E-state index contributed by atoms with van der Waals surface area (Å²) in [5, 5.41) is 11.4. The maximum Gasteiger partial charge on any atom is 0.153 e. The summed E-state index contributed by atoms with van der Waals surface area (Å²) in [4.78, 5) is 0. The van der Waals surface area contributed by atoms with Crippen molar-refractivity contribution in [3.05, 3.63) is 30.1 Å². The van der Waals surface area contributed by atoms with Gasteiger partial charge in [-0.1, -0.05) is 13.0 Å². The van der Waals surface area contributed by atoms with Gasteiger partial charge in [0.2, 0.25) is 0 Å². The molecule has 84 valence electrons. The van der Waals surface area contributed by atoms with Gasteiger partial charge in [-0.3, -0.25) is 0 Å². The van der Waals surface area contributed by atoms with E-state index < -0.39 is 0 Å². The third kappa shape index (κ3) is 2.18. The average Bonchev–Trinajstić information content (AvgIpc) is 2.73. The highest BCUT2D eigenvalue weighted by molar-refractivity contribution is 5.38. The molecule has 1 aromatic carbocycles. The molecule has 0 radical (unpaired) electrons. The number of aromatic nitrogens is 4. The number of hydrogen-bond donors (Lipinski definition) is 0. The van der Waals surface area contributed by atoms with Crippen molar-refractivity contribution < 1.29 is 4.74 Å². The molecular formula is C11H14N4O. The molecule has 0 aliphatic rings. The summed E-state index contributed by atoms with van der Waals surface area (Å²) in [6, 6.07) is 7.74. The van der Waals surface area contributed by atoms with Gasteiger partial charge in [-0.15, -0.1) is 5.10 Å². The van der Waals surface area contributed by atoms with Crippen LogP contribution < -0.4 is 4.74 Å². The molecule has 0 spiro atoms. The second-order valence-corrected chi connectivity index (χ2v) is 3.48. The first-order chi connectivity index (χ1) is 7.81. The SMILES string of the molecule is CCCOc1cccc(-n2nnnc2C)c1. The van der Waals surface area contributed by atoms with Crippen LogP contribution in [0.4, 0.5) is 0 Å². The number of ether oxygens (including phenoxy) is 1. The van der Waals surface area contributed by atoms with Crippen LogP contribution >= 0.6 is 0 Å². The van der Waals surface area contributed by atoms with Crippen molar-refractivity contribution in [3.63, 3.8) is 0 Å². The molecule has 5 heteroatoms. The van der Waals surface area contributed by atoms with Crippen LogP contribution in [0.15, 0.2) is 24.3 Å². The molecule has 2 aromatic rings. The first-order valence-corrected chi connectivity index (χ1v) is 5.29. The minimum absolute atomic E-state index is 0.720. The van der Waals surface area contributed by atoms with Gasteiger partial charge in [0.05, 0.1) is 12.3 Å². The molecule has 5 nitrogen and oxygen atoms in total. The van der Waals surface area contributed by atoms with Gasteiger partial charge in [-0.25, -0.2) is 0 Å². The lowest BCUT2D eigenvalue weighted by Gasteiger charge is -2.06. The molecule has 0 bridgehead atoms. The Labute approximate surface area is 94.0 Å². The van der Waals surface area contributed by atoms with Crippen molar-refractivity contribution in [1.82, 2.24) is 20.2 Å². The molecule has 16 heavy (non-hydrogen) atoms. The van der Waals surface area contributed by atoms with Crippen molar-refractivity contribution in [2.75, 3.05) is 6.61 Å². The third-order valence-corrected chi connectivity index (χ3v) is 2.16. The normalized spacial score (nSPS) is 10.4. The van der Waals surface area contributed by atoms with Crippen LogP contribution in [0.2, 0.25) is 0 Å². The van der Waals surface area contributed by atoms with E-state index in [1.807, 2.05) is 31.2 Å². The minimum atomic E-state index is 0.720. The van der Waals surface area contributed by atoms with E-state index in [-0.39, 0.29) is 0 Å². The van der Waals surface area contributed by atoms with Crippen molar-refractivity contribution in [2.24, 2.45) is 0 Å². The Hall–Kier alpha value is -1.91. The zero-order chi connectivity index (χ0) is 11.4. The average molecular weight is 218 g/mol. The Balaban J connectivity index is 2.26. The molecule has 0 atom stereocenters. The van der Waals surface area contributed by atoms with Gasteiger partial charge in [0.25, 0.3) is 0 Å². The highest BCUT2D eigenvalue weighted by Crippen LogP contribution is 2.16. The molecule has 1 aromatic heterocycles. The number of nitrogens with zero attached hydrogens (tertiary/aromatic N) is 4. The van der Waals surface area contributed by atoms with Gasteiger partial charge in [-0.2, -0.15) is 4.68 Å². The lowest BCUT2D eigenvalue weighted by Crippen LogP contribution is -2.01. The zero-order valence-corrected chi connectivity index (χ0v) is 9.42. The molecule has 0 aliphatic carbocycles. The summed E-state index contributed by atoms with van der Waals surface area (Å²) in [5.74, 6) is 1.60. The molecule has 0 N–H and O–H groups in total. The van der Waals surface area contributed by atoms with E-state index >= 15 is 0 Å². The van der Waals surface area contributed by atoms with Gasteiger partial charge >= 0.3 is 0 Å². The summed E-state index contributed by atoms with van der Waals surface area (Å²) in [7, 11) is 0.